The molecular weight excluding hydrogens is 184 g/mol. The second-order valence-electron chi connectivity index (χ2n) is 1.98. The molecule has 0 aliphatic carbocycles. The van der Waals surface area contributed by atoms with Gasteiger partial charge in [-0.25, -0.2) is 5.48 Å². The SMILES string of the molecule is N[C@@H](CCSC(=O)NO)C(=O)O. The molecule has 5 N–H and O–H groups in total. The highest BCUT2D eigenvalue weighted by atomic mass is 32.2. The quantitative estimate of drug-likeness (QED) is 0.358. The predicted molar refractivity (Wildman–Crippen MR) is 43.0 cm³/mol. The van der Waals surface area contributed by atoms with Crippen LogP contribution >= 0.6 is 11.8 Å². The lowest BCUT2D eigenvalue weighted by molar-refractivity contribution is -0.138. The van der Waals surface area contributed by atoms with Crippen LogP contribution in [0, 0.1) is 0 Å². The van der Waals surface area contributed by atoms with E-state index >= 15 is 0 Å². The molecule has 0 fully saturated rings. The molecule has 1 amide bonds. The number of thioether (sulfide) groups is 1. The number of carbonyl (C=O) groups excluding carboxylic acids is 1. The molecule has 0 radical (unpaired) electrons. The van der Waals surface area contributed by atoms with Crippen molar-refractivity contribution in [1.29, 1.82) is 0 Å². The Labute approximate surface area is 73.1 Å². The van der Waals surface area contributed by atoms with Crippen molar-refractivity contribution < 1.29 is 19.9 Å². The van der Waals surface area contributed by atoms with Gasteiger partial charge in [-0.05, 0) is 6.42 Å². The summed E-state index contributed by atoms with van der Waals surface area (Å²) in [5.41, 5.74) is 6.54. The van der Waals surface area contributed by atoms with Crippen LogP contribution in [-0.2, 0) is 4.79 Å². The molecule has 0 bridgehead atoms. The summed E-state index contributed by atoms with van der Waals surface area (Å²) in [6.07, 6.45) is 0.188. The molecule has 0 aromatic heterocycles. The normalized spacial score (nSPS) is 12.2. The first-order valence-corrected chi connectivity index (χ1v) is 4.11. The molecule has 0 aliphatic heterocycles. The number of carbonyl (C=O) groups is 2. The third-order valence-electron chi connectivity index (χ3n) is 1.07. The maximum atomic E-state index is 10.4. The van der Waals surface area contributed by atoms with Crippen LogP contribution in [0.25, 0.3) is 0 Å². The molecule has 0 spiro atoms. The van der Waals surface area contributed by atoms with E-state index in [1.807, 2.05) is 0 Å². The zero-order valence-corrected chi connectivity index (χ0v) is 7.00. The minimum absolute atomic E-state index is 0.188. The highest BCUT2D eigenvalue weighted by molar-refractivity contribution is 8.13. The minimum atomic E-state index is -1.10. The Kier molecular flexibility index (Phi) is 5.43. The molecule has 0 saturated heterocycles. The number of carboxylic acids is 1. The Hall–Kier alpha value is -0.790. The summed E-state index contributed by atoms with van der Waals surface area (Å²) in [6.45, 7) is 0. The molecule has 0 aromatic rings. The fourth-order valence-electron chi connectivity index (χ4n) is 0.434. The number of carboxylic acid groups (broad SMARTS) is 1. The Balaban J connectivity index is 3.43. The summed E-state index contributed by atoms with van der Waals surface area (Å²) in [6, 6.07) is -0.955. The first kappa shape index (κ1) is 11.2. The number of amides is 1. The number of nitrogens with two attached hydrogens (primary N) is 1. The maximum absolute atomic E-state index is 10.4. The molecule has 0 aliphatic rings. The molecule has 0 heterocycles. The zero-order valence-electron chi connectivity index (χ0n) is 6.19. The average Bonchev–Trinajstić information content (AvgIpc) is 2.03. The second kappa shape index (κ2) is 5.81. The van der Waals surface area contributed by atoms with E-state index in [2.05, 4.69) is 0 Å². The van der Waals surface area contributed by atoms with Gasteiger partial charge in [0.25, 0.3) is 0 Å². The van der Waals surface area contributed by atoms with E-state index in [0.29, 0.717) is 0 Å². The third kappa shape index (κ3) is 4.94. The van der Waals surface area contributed by atoms with Gasteiger partial charge in [-0.1, -0.05) is 11.8 Å². The average molecular weight is 194 g/mol. The first-order valence-electron chi connectivity index (χ1n) is 3.13. The fourth-order valence-corrected chi connectivity index (χ4v) is 1.06. The van der Waals surface area contributed by atoms with Crippen molar-refractivity contribution in [3.63, 3.8) is 0 Å². The van der Waals surface area contributed by atoms with E-state index in [-0.39, 0.29) is 12.2 Å². The largest absolute Gasteiger partial charge is 0.480 e. The van der Waals surface area contributed by atoms with Gasteiger partial charge in [0, 0.05) is 5.75 Å². The van der Waals surface area contributed by atoms with Crippen LogP contribution in [0.4, 0.5) is 4.79 Å². The number of hydrogen-bond donors (Lipinski definition) is 4. The lowest BCUT2D eigenvalue weighted by atomic mass is 10.2. The highest BCUT2D eigenvalue weighted by Gasteiger charge is 2.11. The molecule has 6 nitrogen and oxygen atoms in total. The van der Waals surface area contributed by atoms with Crippen molar-refractivity contribution in [3.8, 4) is 0 Å². The second-order valence-corrected chi connectivity index (χ2v) is 3.05. The summed E-state index contributed by atoms with van der Waals surface area (Å²) in [4.78, 5) is 20.5. The van der Waals surface area contributed by atoms with Crippen molar-refractivity contribution >= 4 is 23.0 Å². The predicted octanol–water partition coefficient (Wildman–Crippen LogP) is -0.380. The van der Waals surface area contributed by atoms with Crippen molar-refractivity contribution in [2.45, 2.75) is 12.5 Å². The van der Waals surface area contributed by atoms with E-state index in [9.17, 15) is 9.59 Å². The fraction of sp³-hybridized carbons (Fsp3) is 0.600. The van der Waals surface area contributed by atoms with Crippen LogP contribution in [0.3, 0.4) is 0 Å². The van der Waals surface area contributed by atoms with Crippen LogP contribution in [0.5, 0.6) is 0 Å². The lowest BCUT2D eigenvalue weighted by Gasteiger charge is -2.03. The molecular formula is C5H10N2O4S. The summed E-state index contributed by atoms with van der Waals surface area (Å²) >= 11 is 0.779. The highest BCUT2D eigenvalue weighted by Crippen LogP contribution is 2.04. The van der Waals surface area contributed by atoms with Crippen LogP contribution in [0.15, 0.2) is 0 Å². The Morgan fingerprint density at radius 1 is 1.58 bits per heavy atom. The Bertz CT molecular complexity index is 175. The van der Waals surface area contributed by atoms with Crippen LogP contribution in [0.1, 0.15) is 6.42 Å². The van der Waals surface area contributed by atoms with Gasteiger partial charge in [-0.2, -0.15) is 0 Å². The smallest absolute Gasteiger partial charge is 0.320 e. The van der Waals surface area contributed by atoms with Crippen LogP contribution in [0.2, 0.25) is 0 Å². The van der Waals surface area contributed by atoms with E-state index in [0.717, 1.165) is 11.8 Å². The number of nitrogens with one attached hydrogen (secondary N) is 1. The Morgan fingerprint density at radius 3 is 2.58 bits per heavy atom. The van der Waals surface area contributed by atoms with E-state index in [4.69, 9.17) is 16.0 Å². The van der Waals surface area contributed by atoms with Gasteiger partial charge in [-0.3, -0.25) is 14.8 Å². The maximum Gasteiger partial charge on any atom is 0.320 e. The van der Waals surface area contributed by atoms with Crippen LogP contribution in [-0.4, -0.2) is 33.3 Å². The van der Waals surface area contributed by atoms with Gasteiger partial charge < -0.3 is 10.8 Å². The summed E-state index contributed by atoms with van der Waals surface area (Å²) in [7, 11) is 0. The van der Waals surface area contributed by atoms with E-state index in [1.165, 1.54) is 5.48 Å². The van der Waals surface area contributed by atoms with Gasteiger partial charge >= 0.3 is 11.2 Å². The molecule has 0 rings (SSSR count). The number of rotatable bonds is 4. The van der Waals surface area contributed by atoms with Gasteiger partial charge in [0.05, 0.1) is 0 Å². The van der Waals surface area contributed by atoms with Crippen molar-refractivity contribution in [2.75, 3.05) is 5.75 Å². The molecule has 0 aromatic carbocycles. The van der Waals surface area contributed by atoms with E-state index < -0.39 is 17.3 Å². The number of aliphatic carboxylic acids is 1. The lowest BCUT2D eigenvalue weighted by Crippen LogP contribution is -2.30. The molecule has 12 heavy (non-hydrogen) atoms. The molecule has 1 atom stereocenters. The van der Waals surface area contributed by atoms with Gasteiger partial charge in [0.2, 0.25) is 0 Å². The standard InChI is InChI=1S/C5H10N2O4S/c6-3(4(8)9)1-2-12-5(10)7-11/h3,11H,1-2,6H2,(H,7,10)(H,8,9)/t3-/m0/s1. The minimum Gasteiger partial charge on any atom is -0.480 e. The topological polar surface area (TPSA) is 113 Å². The number of hydroxylamine groups is 1. The molecule has 0 unspecified atom stereocenters. The monoisotopic (exact) mass is 194 g/mol. The molecule has 70 valence electrons. The Morgan fingerprint density at radius 2 is 2.17 bits per heavy atom. The molecule has 0 saturated carbocycles. The van der Waals surface area contributed by atoms with Gasteiger partial charge in [-0.15, -0.1) is 0 Å². The van der Waals surface area contributed by atoms with Crippen molar-refractivity contribution in [3.05, 3.63) is 0 Å². The summed E-state index contributed by atoms with van der Waals surface area (Å²) in [5.74, 6) is -0.833. The first-order chi connectivity index (χ1) is 5.57. The summed E-state index contributed by atoms with van der Waals surface area (Å²) in [5, 5.41) is 15.7. The third-order valence-corrected chi connectivity index (χ3v) is 1.86. The van der Waals surface area contributed by atoms with Crippen molar-refractivity contribution in [1.82, 2.24) is 5.48 Å². The molecule has 7 heteroatoms. The van der Waals surface area contributed by atoms with Crippen LogP contribution < -0.4 is 11.2 Å². The van der Waals surface area contributed by atoms with E-state index in [1.54, 1.807) is 0 Å². The number of hydrogen-bond acceptors (Lipinski definition) is 5. The van der Waals surface area contributed by atoms with Crippen molar-refractivity contribution in [2.24, 2.45) is 5.73 Å². The summed E-state index contributed by atoms with van der Waals surface area (Å²) < 4.78 is 0. The van der Waals surface area contributed by atoms with Gasteiger partial charge in [0.1, 0.15) is 6.04 Å². The van der Waals surface area contributed by atoms with Gasteiger partial charge in [0.15, 0.2) is 0 Å². The zero-order chi connectivity index (χ0) is 9.56.